The van der Waals surface area contributed by atoms with E-state index in [1.165, 1.54) is 6.92 Å². The average molecular weight is 307 g/mol. The molecule has 0 spiro atoms. The first kappa shape index (κ1) is 15.2. The van der Waals surface area contributed by atoms with E-state index in [-0.39, 0.29) is 6.61 Å². The molecule has 5 heteroatoms. The first-order valence-electron chi connectivity index (χ1n) is 6.42. The zero-order chi connectivity index (χ0) is 15.2. The van der Waals surface area contributed by atoms with Crippen molar-refractivity contribution < 1.29 is 19.4 Å². The van der Waals surface area contributed by atoms with E-state index in [1.54, 1.807) is 18.2 Å². The summed E-state index contributed by atoms with van der Waals surface area (Å²) < 4.78 is 11.1. The van der Waals surface area contributed by atoms with Crippen LogP contribution >= 0.6 is 11.6 Å². The molecule has 0 aliphatic heterocycles. The lowest BCUT2D eigenvalue weighted by molar-refractivity contribution is -0.144. The molecule has 1 N–H and O–H groups in total. The summed E-state index contributed by atoms with van der Waals surface area (Å²) in [5.74, 6) is 0.139. The van der Waals surface area contributed by atoms with E-state index >= 15 is 0 Å². The van der Waals surface area contributed by atoms with Gasteiger partial charge < -0.3 is 14.6 Å². The Kier molecular flexibility index (Phi) is 5.06. The summed E-state index contributed by atoms with van der Waals surface area (Å²) >= 11 is 5.97. The van der Waals surface area contributed by atoms with Crippen molar-refractivity contribution in [2.75, 3.05) is 0 Å². The molecule has 2 rings (SSSR count). The Morgan fingerprint density at radius 2 is 1.95 bits per heavy atom. The second kappa shape index (κ2) is 6.99. The molecule has 110 valence electrons. The summed E-state index contributed by atoms with van der Waals surface area (Å²) in [6, 6.07) is 14.3. The highest BCUT2D eigenvalue weighted by molar-refractivity contribution is 6.30. The molecule has 2 aromatic rings. The topological polar surface area (TPSA) is 55.8 Å². The maximum atomic E-state index is 10.9. The van der Waals surface area contributed by atoms with Crippen LogP contribution in [-0.4, -0.2) is 17.2 Å². The molecule has 0 radical (unpaired) electrons. The van der Waals surface area contributed by atoms with Gasteiger partial charge in [0.2, 0.25) is 0 Å². The van der Waals surface area contributed by atoms with Gasteiger partial charge in [0.15, 0.2) is 6.10 Å². The van der Waals surface area contributed by atoms with E-state index in [0.717, 1.165) is 5.75 Å². The van der Waals surface area contributed by atoms with Crippen LogP contribution in [-0.2, 0) is 11.4 Å². The maximum absolute atomic E-state index is 10.9. The number of aliphatic carboxylic acids is 1. The Hall–Kier alpha value is -2.20. The molecule has 0 bridgehead atoms. The molecule has 0 fully saturated rings. The number of carbonyl (C=O) groups is 1. The number of halogens is 1. The normalized spacial score (nSPS) is 11.7. The van der Waals surface area contributed by atoms with Gasteiger partial charge in [-0.15, -0.1) is 0 Å². The lowest BCUT2D eigenvalue weighted by Gasteiger charge is -2.15. The molecule has 21 heavy (non-hydrogen) atoms. The van der Waals surface area contributed by atoms with E-state index in [9.17, 15) is 4.79 Å². The van der Waals surface area contributed by atoms with E-state index in [1.807, 2.05) is 30.3 Å². The van der Waals surface area contributed by atoms with Crippen LogP contribution < -0.4 is 9.47 Å². The van der Waals surface area contributed by atoms with E-state index in [4.69, 9.17) is 26.2 Å². The summed E-state index contributed by atoms with van der Waals surface area (Å²) in [5.41, 5.74) is 0.694. The fourth-order valence-electron chi connectivity index (χ4n) is 1.69. The summed E-state index contributed by atoms with van der Waals surface area (Å²) in [4.78, 5) is 10.9. The molecular formula is C16H15ClO4. The Morgan fingerprint density at radius 3 is 2.62 bits per heavy atom. The molecule has 0 saturated carbocycles. The number of ether oxygens (including phenoxy) is 2. The minimum Gasteiger partial charge on any atom is -0.489 e. The standard InChI is InChI=1S/C16H15ClO4/c1-11(16(18)19)21-15-8-7-13(17)9-12(15)10-20-14-5-3-2-4-6-14/h2-9,11H,10H2,1H3,(H,18,19). The van der Waals surface area contributed by atoms with Gasteiger partial charge >= 0.3 is 5.97 Å². The van der Waals surface area contributed by atoms with Crippen LogP contribution in [0.3, 0.4) is 0 Å². The number of hydrogen-bond donors (Lipinski definition) is 1. The molecule has 2 aromatic carbocycles. The van der Waals surface area contributed by atoms with Gasteiger partial charge in [-0.1, -0.05) is 29.8 Å². The monoisotopic (exact) mass is 306 g/mol. The third kappa shape index (κ3) is 4.39. The smallest absolute Gasteiger partial charge is 0.344 e. The van der Waals surface area contributed by atoms with Crippen molar-refractivity contribution in [2.45, 2.75) is 19.6 Å². The Bertz CT molecular complexity index is 613. The number of hydrogen-bond acceptors (Lipinski definition) is 3. The quantitative estimate of drug-likeness (QED) is 0.882. The van der Waals surface area contributed by atoms with Gasteiger partial charge in [-0.25, -0.2) is 4.79 Å². The van der Waals surface area contributed by atoms with Crippen LogP contribution in [0.15, 0.2) is 48.5 Å². The molecule has 1 unspecified atom stereocenters. The van der Waals surface area contributed by atoms with Crippen LogP contribution in [0.2, 0.25) is 5.02 Å². The summed E-state index contributed by atoms with van der Waals surface area (Å²) in [7, 11) is 0. The fraction of sp³-hybridized carbons (Fsp3) is 0.188. The first-order chi connectivity index (χ1) is 10.1. The van der Waals surface area contributed by atoms with E-state index in [2.05, 4.69) is 0 Å². The third-order valence-electron chi connectivity index (χ3n) is 2.81. The lowest BCUT2D eigenvalue weighted by atomic mass is 10.2. The number of para-hydroxylation sites is 1. The van der Waals surface area contributed by atoms with Crippen molar-refractivity contribution >= 4 is 17.6 Å². The van der Waals surface area contributed by atoms with Crippen LogP contribution in [0.1, 0.15) is 12.5 Å². The molecule has 0 heterocycles. The SMILES string of the molecule is CC(Oc1ccc(Cl)cc1COc1ccccc1)C(=O)O. The largest absolute Gasteiger partial charge is 0.489 e. The van der Waals surface area contributed by atoms with Crippen LogP contribution in [0.5, 0.6) is 11.5 Å². The average Bonchev–Trinajstić information content (AvgIpc) is 2.48. The van der Waals surface area contributed by atoms with Crippen molar-refractivity contribution in [3.8, 4) is 11.5 Å². The van der Waals surface area contributed by atoms with Crippen molar-refractivity contribution in [1.29, 1.82) is 0 Å². The molecule has 0 aromatic heterocycles. The highest BCUT2D eigenvalue weighted by atomic mass is 35.5. The summed E-state index contributed by atoms with van der Waals surface area (Å²) in [5, 5.41) is 9.45. The minimum absolute atomic E-state index is 0.242. The number of benzene rings is 2. The molecular weight excluding hydrogens is 292 g/mol. The second-order valence-corrected chi connectivity index (χ2v) is 4.89. The number of rotatable bonds is 6. The predicted molar refractivity (Wildman–Crippen MR) is 80.0 cm³/mol. The second-order valence-electron chi connectivity index (χ2n) is 4.45. The molecule has 0 aliphatic rings. The molecule has 0 saturated heterocycles. The molecule has 0 aliphatic carbocycles. The Morgan fingerprint density at radius 1 is 1.24 bits per heavy atom. The minimum atomic E-state index is -1.03. The highest BCUT2D eigenvalue weighted by Gasteiger charge is 2.15. The summed E-state index contributed by atoms with van der Waals surface area (Å²) in [6.07, 6.45) is -0.943. The fourth-order valence-corrected chi connectivity index (χ4v) is 1.89. The number of carboxylic acids is 1. The first-order valence-corrected chi connectivity index (χ1v) is 6.80. The van der Waals surface area contributed by atoms with Gasteiger partial charge in [-0.05, 0) is 37.3 Å². The lowest BCUT2D eigenvalue weighted by Crippen LogP contribution is -2.23. The van der Waals surface area contributed by atoms with Crippen molar-refractivity contribution in [2.24, 2.45) is 0 Å². The highest BCUT2D eigenvalue weighted by Crippen LogP contribution is 2.25. The van der Waals surface area contributed by atoms with E-state index in [0.29, 0.717) is 16.3 Å². The van der Waals surface area contributed by atoms with Crippen LogP contribution in [0, 0.1) is 0 Å². The van der Waals surface area contributed by atoms with Crippen LogP contribution in [0.25, 0.3) is 0 Å². The zero-order valence-corrected chi connectivity index (χ0v) is 12.2. The van der Waals surface area contributed by atoms with Crippen molar-refractivity contribution in [3.63, 3.8) is 0 Å². The van der Waals surface area contributed by atoms with Crippen molar-refractivity contribution in [3.05, 3.63) is 59.1 Å². The maximum Gasteiger partial charge on any atom is 0.344 e. The van der Waals surface area contributed by atoms with Crippen LogP contribution in [0.4, 0.5) is 0 Å². The zero-order valence-electron chi connectivity index (χ0n) is 11.5. The molecule has 4 nitrogen and oxygen atoms in total. The Balaban J connectivity index is 2.13. The molecule has 1 atom stereocenters. The number of carboxylic acid groups (broad SMARTS) is 1. The van der Waals surface area contributed by atoms with Crippen molar-refractivity contribution in [1.82, 2.24) is 0 Å². The van der Waals surface area contributed by atoms with Gasteiger partial charge in [-0.3, -0.25) is 0 Å². The summed E-state index contributed by atoms with van der Waals surface area (Å²) in [6.45, 7) is 1.71. The Labute approximate surface area is 127 Å². The van der Waals surface area contributed by atoms with Gasteiger partial charge in [0.1, 0.15) is 18.1 Å². The third-order valence-corrected chi connectivity index (χ3v) is 3.05. The van der Waals surface area contributed by atoms with Gasteiger partial charge in [0.25, 0.3) is 0 Å². The predicted octanol–water partition coefficient (Wildman–Crippen LogP) is 3.77. The van der Waals surface area contributed by atoms with E-state index < -0.39 is 12.1 Å². The van der Waals surface area contributed by atoms with Gasteiger partial charge in [0, 0.05) is 10.6 Å². The molecule has 0 amide bonds. The van der Waals surface area contributed by atoms with Gasteiger partial charge in [0.05, 0.1) is 0 Å². The van der Waals surface area contributed by atoms with Gasteiger partial charge in [-0.2, -0.15) is 0 Å².